The lowest BCUT2D eigenvalue weighted by molar-refractivity contribution is 0.939. The van der Waals surface area contributed by atoms with Crippen LogP contribution in [0.3, 0.4) is 0 Å². The second-order valence-electron chi connectivity index (χ2n) is 4.03. The number of fused-ring (bicyclic) bond motifs is 1. The summed E-state index contributed by atoms with van der Waals surface area (Å²) in [7, 11) is 0. The molecule has 0 aliphatic carbocycles. The van der Waals surface area contributed by atoms with Crippen LogP contribution in [-0.2, 0) is 0 Å². The molecule has 1 aliphatic rings. The van der Waals surface area contributed by atoms with E-state index >= 15 is 0 Å². The first kappa shape index (κ1) is 9.85. The average Bonchev–Trinajstić information content (AvgIpc) is 2.81. The Bertz CT molecular complexity index is 521. The fraction of sp³-hybridized carbons (Fsp3) is 0.333. The smallest absolute Gasteiger partial charge is 0.224 e. The summed E-state index contributed by atoms with van der Waals surface area (Å²) >= 11 is 5.95. The van der Waals surface area contributed by atoms with E-state index in [2.05, 4.69) is 20.9 Å². The highest BCUT2D eigenvalue weighted by molar-refractivity contribution is 6.28. The standard InChI is InChI=1S/C12H12ClN3/c13-12-14-10-6-2-1-5-9(10)11(15-12)16-7-3-4-8-16/h1-2,5-6H,3-4,7-8H2. The summed E-state index contributed by atoms with van der Waals surface area (Å²) in [5.74, 6) is 0.980. The molecule has 4 heteroatoms. The van der Waals surface area contributed by atoms with Gasteiger partial charge in [-0.2, -0.15) is 4.98 Å². The van der Waals surface area contributed by atoms with Crippen molar-refractivity contribution < 1.29 is 0 Å². The number of hydrogen-bond acceptors (Lipinski definition) is 3. The van der Waals surface area contributed by atoms with Gasteiger partial charge in [0.15, 0.2) is 0 Å². The van der Waals surface area contributed by atoms with Crippen LogP contribution in [0.1, 0.15) is 12.8 Å². The number of para-hydroxylation sites is 1. The zero-order valence-corrected chi connectivity index (χ0v) is 9.61. The molecule has 0 amide bonds. The summed E-state index contributed by atoms with van der Waals surface area (Å²) in [6.07, 6.45) is 2.46. The van der Waals surface area contributed by atoms with Crippen LogP contribution in [0.5, 0.6) is 0 Å². The molecular weight excluding hydrogens is 222 g/mol. The van der Waals surface area contributed by atoms with E-state index in [1.54, 1.807) is 0 Å². The molecule has 82 valence electrons. The summed E-state index contributed by atoms with van der Waals surface area (Å²) in [6.45, 7) is 2.13. The topological polar surface area (TPSA) is 29.0 Å². The maximum Gasteiger partial charge on any atom is 0.224 e. The van der Waals surface area contributed by atoms with E-state index in [1.807, 2.05) is 18.2 Å². The van der Waals surface area contributed by atoms with Crippen LogP contribution in [0.2, 0.25) is 5.28 Å². The minimum absolute atomic E-state index is 0.334. The Hall–Kier alpha value is -1.35. The molecule has 3 nitrogen and oxygen atoms in total. The van der Waals surface area contributed by atoms with E-state index in [4.69, 9.17) is 11.6 Å². The fourth-order valence-electron chi connectivity index (χ4n) is 2.20. The minimum Gasteiger partial charge on any atom is -0.356 e. The number of hydrogen-bond donors (Lipinski definition) is 0. The Morgan fingerprint density at radius 1 is 1.06 bits per heavy atom. The molecule has 0 radical (unpaired) electrons. The first-order valence-electron chi connectivity index (χ1n) is 5.52. The lowest BCUT2D eigenvalue weighted by Crippen LogP contribution is -2.19. The van der Waals surface area contributed by atoms with Gasteiger partial charge in [-0.3, -0.25) is 0 Å². The number of benzene rings is 1. The highest BCUT2D eigenvalue weighted by Gasteiger charge is 2.17. The van der Waals surface area contributed by atoms with Crippen molar-refractivity contribution in [2.45, 2.75) is 12.8 Å². The van der Waals surface area contributed by atoms with Gasteiger partial charge in [0, 0.05) is 18.5 Å². The molecule has 16 heavy (non-hydrogen) atoms. The molecule has 0 unspecified atom stereocenters. The van der Waals surface area contributed by atoms with Crippen molar-refractivity contribution in [2.75, 3.05) is 18.0 Å². The third kappa shape index (κ3) is 1.61. The van der Waals surface area contributed by atoms with Gasteiger partial charge in [0.25, 0.3) is 0 Å². The molecule has 1 fully saturated rings. The normalized spacial score (nSPS) is 15.9. The van der Waals surface area contributed by atoms with Gasteiger partial charge in [-0.25, -0.2) is 4.98 Å². The summed E-state index contributed by atoms with van der Waals surface area (Å²) in [4.78, 5) is 10.9. The monoisotopic (exact) mass is 233 g/mol. The SMILES string of the molecule is Clc1nc(N2CCCC2)c2ccccc2n1. The van der Waals surface area contributed by atoms with Gasteiger partial charge in [0.05, 0.1) is 5.52 Å². The van der Waals surface area contributed by atoms with Gasteiger partial charge in [0.2, 0.25) is 5.28 Å². The Morgan fingerprint density at radius 3 is 2.62 bits per heavy atom. The van der Waals surface area contributed by atoms with Crippen molar-refractivity contribution >= 4 is 28.3 Å². The van der Waals surface area contributed by atoms with Crippen LogP contribution in [0.25, 0.3) is 10.9 Å². The molecule has 0 bridgehead atoms. The van der Waals surface area contributed by atoms with Gasteiger partial charge < -0.3 is 4.90 Å². The van der Waals surface area contributed by atoms with E-state index in [9.17, 15) is 0 Å². The molecule has 1 saturated heterocycles. The van der Waals surface area contributed by atoms with E-state index < -0.39 is 0 Å². The molecular formula is C12H12ClN3. The van der Waals surface area contributed by atoms with Crippen LogP contribution in [0.15, 0.2) is 24.3 Å². The molecule has 2 heterocycles. The van der Waals surface area contributed by atoms with Crippen LogP contribution in [0.4, 0.5) is 5.82 Å². The van der Waals surface area contributed by atoms with Crippen LogP contribution in [-0.4, -0.2) is 23.1 Å². The minimum atomic E-state index is 0.334. The lowest BCUT2D eigenvalue weighted by atomic mass is 10.2. The second kappa shape index (κ2) is 3.91. The molecule has 1 aromatic heterocycles. The van der Waals surface area contributed by atoms with Gasteiger partial charge in [-0.1, -0.05) is 12.1 Å². The second-order valence-corrected chi connectivity index (χ2v) is 4.37. The molecule has 0 N–H and O–H groups in total. The quantitative estimate of drug-likeness (QED) is 0.710. The Balaban J connectivity index is 2.21. The molecule has 1 aromatic carbocycles. The molecule has 3 rings (SSSR count). The van der Waals surface area contributed by atoms with Crippen LogP contribution in [0, 0.1) is 0 Å². The number of rotatable bonds is 1. The van der Waals surface area contributed by atoms with E-state index in [0.29, 0.717) is 5.28 Å². The Kier molecular flexibility index (Phi) is 2.40. The van der Waals surface area contributed by atoms with Crippen molar-refractivity contribution in [1.82, 2.24) is 9.97 Å². The van der Waals surface area contributed by atoms with Gasteiger partial charge in [-0.05, 0) is 36.6 Å². The van der Waals surface area contributed by atoms with Crippen molar-refractivity contribution in [3.8, 4) is 0 Å². The number of anilines is 1. The first-order chi connectivity index (χ1) is 7.84. The Morgan fingerprint density at radius 2 is 1.81 bits per heavy atom. The lowest BCUT2D eigenvalue weighted by Gasteiger charge is -2.18. The van der Waals surface area contributed by atoms with Crippen molar-refractivity contribution in [3.63, 3.8) is 0 Å². The highest BCUT2D eigenvalue weighted by Crippen LogP contribution is 2.27. The summed E-state index contributed by atoms with van der Waals surface area (Å²) in [5, 5.41) is 1.43. The largest absolute Gasteiger partial charge is 0.356 e. The van der Waals surface area contributed by atoms with E-state index in [0.717, 1.165) is 29.8 Å². The predicted molar refractivity (Wildman–Crippen MR) is 66.0 cm³/mol. The third-order valence-corrected chi connectivity index (χ3v) is 3.13. The van der Waals surface area contributed by atoms with Gasteiger partial charge >= 0.3 is 0 Å². The first-order valence-corrected chi connectivity index (χ1v) is 5.89. The van der Waals surface area contributed by atoms with Gasteiger partial charge in [-0.15, -0.1) is 0 Å². The van der Waals surface area contributed by atoms with Crippen LogP contribution < -0.4 is 4.90 Å². The predicted octanol–water partition coefficient (Wildman–Crippen LogP) is 2.88. The number of nitrogens with zero attached hydrogens (tertiary/aromatic N) is 3. The number of aromatic nitrogens is 2. The zero-order valence-electron chi connectivity index (χ0n) is 8.86. The molecule has 0 saturated carbocycles. The summed E-state index contributed by atoms with van der Waals surface area (Å²) in [6, 6.07) is 8.01. The maximum absolute atomic E-state index is 5.95. The fourth-order valence-corrected chi connectivity index (χ4v) is 2.37. The Labute approximate surface area is 99.1 Å². The average molecular weight is 234 g/mol. The van der Waals surface area contributed by atoms with E-state index in [1.165, 1.54) is 12.8 Å². The third-order valence-electron chi connectivity index (χ3n) is 2.96. The van der Waals surface area contributed by atoms with Crippen LogP contribution >= 0.6 is 11.6 Å². The maximum atomic E-state index is 5.95. The van der Waals surface area contributed by atoms with E-state index in [-0.39, 0.29) is 0 Å². The van der Waals surface area contributed by atoms with Crippen molar-refractivity contribution in [2.24, 2.45) is 0 Å². The molecule has 2 aromatic rings. The van der Waals surface area contributed by atoms with Crippen molar-refractivity contribution in [1.29, 1.82) is 0 Å². The molecule has 1 aliphatic heterocycles. The van der Waals surface area contributed by atoms with Crippen molar-refractivity contribution in [3.05, 3.63) is 29.5 Å². The zero-order chi connectivity index (χ0) is 11.0. The number of halogens is 1. The summed E-state index contributed by atoms with van der Waals surface area (Å²) in [5.41, 5.74) is 0.921. The molecule has 0 atom stereocenters. The molecule has 0 spiro atoms. The summed E-state index contributed by atoms with van der Waals surface area (Å²) < 4.78 is 0. The van der Waals surface area contributed by atoms with Gasteiger partial charge in [0.1, 0.15) is 5.82 Å². The highest BCUT2D eigenvalue weighted by atomic mass is 35.5.